The number of amides is 3. The van der Waals surface area contributed by atoms with E-state index in [0.717, 1.165) is 31.2 Å². The van der Waals surface area contributed by atoms with E-state index >= 15 is 0 Å². The molecule has 1 aliphatic carbocycles. The first-order valence-corrected chi connectivity index (χ1v) is 13.7. The molecule has 1 heterocycles. The summed E-state index contributed by atoms with van der Waals surface area (Å²) in [5.41, 5.74) is 1.41. The van der Waals surface area contributed by atoms with Gasteiger partial charge in [-0.05, 0) is 79.0 Å². The van der Waals surface area contributed by atoms with E-state index in [-0.39, 0.29) is 36.1 Å². The van der Waals surface area contributed by atoms with Crippen molar-refractivity contribution < 1.29 is 37.4 Å². The second-order valence-electron chi connectivity index (χ2n) is 12.0. The number of carbonyl (C=O) groups excluding carboxylic acids is 2. The zero-order chi connectivity index (χ0) is 30.0. The van der Waals surface area contributed by atoms with Crippen LogP contribution in [0.2, 0.25) is 0 Å². The van der Waals surface area contributed by atoms with Gasteiger partial charge in [0.25, 0.3) is 5.91 Å². The van der Waals surface area contributed by atoms with Crippen LogP contribution < -0.4 is 15.0 Å². The molecular weight excluding hydrogens is 539 g/mol. The first-order valence-electron chi connectivity index (χ1n) is 13.7. The lowest BCUT2D eigenvalue weighted by Gasteiger charge is -2.45. The zero-order valence-corrected chi connectivity index (χ0v) is 23.5. The van der Waals surface area contributed by atoms with Crippen LogP contribution in [-0.2, 0) is 11.3 Å². The SMILES string of the molecule is CC(C)(C)[C@H]1CC[C@]2(CC1)CN(c1ccc(OC(F)(F)F)cc1)C(=O)N2Cc1ccc(C(=O)NCCC(=O)O)cc1. The highest BCUT2D eigenvalue weighted by atomic mass is 19.4. The Kier molecular flexibility index (Phi) is 8.56. The number of hydrogen-bond acceptors (Lipinski definition) is 4. The Bertz CT molecular complexity index is 1250. The summed E-state index contributed by atoms with van der Waals surface area (Å²) in [7, 11) is 0. The predicted octanol–water partition coefficient (Wildman–Crippen LogP) is 6.21. The van der Waals surface area contributed by atoms with Gasteiger partial charge in [0.1, 0.15) is 5.75 Å². The van der Waals surface area contributed by atoms with Crippen molar-refractivity contribution in [2.24, 2.45) is 11.3 Å². The highest BCUT2D eigenvalue weighted by Crippen LogP contribution is 2.47. The number of anilines is 1. The van der Waals surface area contributed by atoms with Gasteiger partial charge in [0.15, 0.2) is 0 Å². The fourth-order valence-electron chi connectivity index (χ4n) is 5.84. The van der Waals surface area contributed by atoms with Crippen LogP contribution >= 0.6 is 0 Å². The summed E-state index contributed by atoms with van der Waals surface area (Å²) in [4.78, 5) is 40.4. The van der Waals surface area contributed by atoms with Gasteiger partial charge in [0.2, 0.25) is 0 Å². The molecule has 41 heavy (non-hydrogen) atoms. The smallest absolute Gasteiger partial charge is 0.481 e. The molecule has 0 bridgehead atoms. The number of nitrogens with one attached hydrogen (secondary N) is 1. The Labute approximate surface area is 237 Å². The van der Waals surface area contributed by atoms with Crippen LogP contribution in [0.4, 0.5) is 23.7 Å². The van der Waals surface area contributed by atoms with E-state index in [1.54, 1.807) is 29.2 Å². The summed E-state index contributed by atoms with van der Waals surface area (Å²) >= 11 is 0. The number of hydrogen-bond donors (Lipinski definition) is 2. The molecule has 0 aromatic heterocycles. The van der Waals surface area contributed by atoms with Crippen molar-refractivity contribution >= 4 is 23.6 Å². The molecule has 8 nitrogen and oxygen atoms in total. The maximum absolute atomic E-state index is 13.9. The number of aliphatic carboxylic acids is 1. The lowest BCUT2D eigenvalue weighted by atomic mass is 9.67. The third-order valence-corrected chi connectivity index (χ3v) is 8.19. The molecule has 2 aliphatic rings. The summed E-state index contributed by atoms with van der Waals surface area (Å²) < 4.78 is 41.9. The van der Waals surface area contributed by atoms with Gasteiger partial charge in [-0.25, -0.2) is 4.79 Å². The summed E-state index contributed by atoms with van der Waals surface area (Å²) in [6.07, 6.45) is -1.46. The first-order chi connectivity index (χ1) is 19.2. The standard InChI is InChI=1S/C30H36F3N3O5/c1-28(2,3)22-12-15-29(16-13-22)19-35(23-8-10-24(11-9-23)41-30(31,32)33)27(40)36(29)18-20-4-6-21(7-5-20)26(39)34-17-14-25(37)38/h4-11,22H,12-19H2,1-3H3,(H,34,39)(H,37,38)/t22-,29-. The highest BCUT2D eigenvalue weighted by molar-refractivity contribution is 5.96. The Morgan fingerprint density at radius 2 is 1.63 bits per heavy atom. The number of nitrogens with zero attached hydrogens (tertiary/aromatic N) is 2. The van der Waals surface area contributed by atoms with Crippen LogP contribution in [0.3, 0.4) is 0 Å². The number of carboxylic acids is 1. The topological polar surface area (TPSA) is 99.2 Å². The lowest BCUT2D eigenvalue weighted by molar-refractivity contribution is -0.274. The van der Waals surface area contributed by atoms with Crippen LogP contribution in [0.1, 0.15) is 68.8 Å². The molecule has 4 rings (SSSR count). The second-order valence-corrected chi connectivity index (χ2v) is 12.0. The number of ether oxygens (including phenoxy) is 1. The molecular formula is C30H36F3N3O5. The zero-order valence-electron chi connectivity index (χ0n) is 23.5. The van der Waals surface area contributed by atoms with Gasteiger partial charge < -0.3 is 20.1 Å². The van der Waals surface area contributed by atoms with Crippen LogP contribution in [0.25, 0.3) is 0 Å². The maximum atomic E-state index is 13.9. The molecule has 3 amide bonds. The minimum atomic E-state index is -4.80. The van der Waals surface area contributed by atoms with E-state index in [9.17, 15) is 27.6 Å². The van der Waals surface area contributed by atoms with Crippen LogP contribution in [0.5, 0.6) is 5.75 Å². The van der Waals surface area contributed by atoms with Gasteiger partial charge in [-0.2, -0.15) is 0 Å². The second kappa shape index (κ2) is 11.6. The number of carbonyl (C=O) groups is 3. The lowest BCUT2D eigenvalue weighted by Crippen LogP contribution is -2.50. The number of carboxylic acid groups (broad SMARTS) is 1. The number of alkyl halides is 3. The van der Waals surface area contributed by atoms with Crippen molar-refractivity contribution in [3.8, 4) is 5.75 Å². The average Bonchev–Trinajstić information content (AvgIpc) is 3.14. The summed E-state index contributed by atoms with van der Waals surface area (Å²) in [5.74, 6) is -1.22. The van der Waals surface area contributed by atoms with Gasteiger partial charge in [-0.1, -0.05) is 32.9 Å². The Morgan fingerprint density at radius 1 is 1.02 bits per heavy atom. The van der Waals surface area contributed by atoms with Crippen LogP contribution in [0, 0.1) is 11.3 Å². The Hall–Kier alpha value is -3.76. The number of halogens is 3. The van der Waals surface area contributed by atoms with Crippen molar-refractivity contribution in [2.45, 2.75) is 71.3 Å². The summed E-state index contributed by atoms with van der Waals surface area (Å²) in [5, 5.41) is 11.3. The van der Waals surface area contributed by atoms with E-state index in [1.165, 1.54) is 24.3 Å². The van der Waals surface area contributed by atoms with Gasteiger partial charge in [-0.3, -0.25) is 14.5 Å². The Balaban J connectivity index is 1.54. The monoisotopic (exact) mass is 575 g/mol. The average molecular weight is 576 g/mol. The van der Waals surface area contributed by atoms with Crippen molar-refractivity contribution in [3.63, 3.8) is 0 Å². The van der Waals surface area contributed by atoms with E-state index in [1.807, 2.05) is 4.90 Å². The predicted molar refractivity (Wildman–Crippen MR) is 147 cm³/mol. The summed E-state index contributed by atoms with van der Waals surface area (Å²) in [6.45, 7) is 7.43. The largest absolute Gasteiger partial charge is 0.573 e. The van der Waals surface area contributed by atoms with Gasteiger partial charge >= 0.3 is 18.4 Å². The minimum absolute atomic E-state index is 0.0232. The van der Waals surface area contributed by atoms with Crippen molar-refractivity contribution in [1.29, 1.82) is 0 Å². The number of benzene rings is 2. The highest BCUT2D eigenvalue weighted by Gasteiger charge is 2.52. The molecule has 1 aliphatic heterocycles. The Morgan fingerprint density at radius 3 is 2.17 bits per heavy atom. The van der Waals surface area contributed by atoms with Crippen LogP contribution in [0.15, 0.2) is 48.5 Å². The third-order valence-electron chi connectivity index (χ3n) is 8.19. The first kappa shape index (κ1) is 30.2. The fraction of sp³-hybridized carbons (Fsp3) is 0.500. The van der Waals surface area contributed by atoms with E-state index < -0.39 is 17.9 Å². The van der Waals surface area contributed by atoms with Crippen molar-refractivity contribution in [1.82, 2.24) is 10.2 Å². The minimum Gasteiger partial charge on any atom is -0.481 e. The third kappa shape index (κ3) is 7.31. The normalized spacial score (nSPS) is 21.3. The van der Waals surface area contributed by atoms with Gasteiger partial charge in [-0.15, -0.1) is 13.2 Å². The quantitative estimate of drug-likeness (QED) is 0.390. The maximum Gasteiger partial charge on any atom is 0.573 e. The molecule has 2 aromatic carbocycles. The molecule has 2 aromatic rings. The van der Waals surface area contributed by atoms with E-state index in [2.05, 4.69) is 30.8 Å². The fourth-order valence-corrected chi connectivity index (χ4v) is 5.84. The molecule has 222 valence electrons. The van der Waals surface area contributed by atoms with Gasteiger partial charge in [0.05, 0.1) is 18.5 Å². The van der Waals surface area contributed by atoms with Crippen molar-refractivity contribution in [2.75, 3.05) is 18.0 Å². The molecule has 2 N–H and O–H groups in total. The molecule has 1 saturated heterocycles. The molecule has 0 radical (unpaired) electrons. The summed E-state index contributed by atoms with van der Waals surface area (Å²) in [6, 6.07) is 12.0. The van der Waals surface area contributed by atoms with E-state index in [4.69, 9.17) is 5.11 Å². The van der Waals surface area contributed by atoms with Crippen molar-refractivity contribution in [3.05, 3.63) is 59.7 Å². The molecule has 0 unspecified atom stereocenters. The van der Waals surface area contributed by atoms with E-state index in [0.29, 0.717) is 30.3 Å². The molecule has 1 saturated carbocycles. The van der Waals surface area contributed by atoms with Gasteiger partial charge in [0, 0.05) is 24.3 Å². The molecule has 1 spiro atoms. The van der Waals surface area contributed by atoms with Crippen LogP contribution in [-0.4, -0.2) is 52.9 Å². The number of urea groups is 1. The molecule has 11 heteroatoms. The molecule has 2 fully saturated rings. The molecule has 0 atom stereocenters. The number of rotatable bonds is 8.